The fraction of sp³-hybridized carbons (Fsp3) is 0. The molecule has 7 aromatic rings. The Labute approximate surface area is 235 Å². The maximum absolute atomic E-state index is 2.28. The molecule has 7 rings (SSSR count). The Morgan fingerprint density at radius 1 is 0.375 bits per heavy atom. The number of benzene rings is 6. The van der Waals surface area contributed by atoms with E-state index in [1.165, 1.54) is 33.2 Å². The smallest absolute Gasteiger partial charge is 0.0528 e. The van der Waals surface area contributed by atoms with Crippen molar-refractivity contribution in [2.24, 2.45) is 0 Å². The van der Waals surface area contributed by atoms with E-state index in [4.69, 9.17) is 0 Å². The Morgan fingerprint density at radius 2 is 0.850 bits per heavy atom. The van der Waals surface area contributed by atoms with Crippen molar-refractivity contribution in [2.45, 2.75) is 0 Å². The Morgan fingerprint density at radius 3 is 1.45 bits per heavy atom. The zero-order chi connectivity index (χ0) is 26.7. The first-order valence-electron chi connectivity index (χ1n) is 13.6. The molecule has 0 atom stereocenters. The lowest BCUT2D eigenvalue weighted by Crippen LogP contribution is -2.09. The lowest BCUT2D eigenvalue weighted by atomic mass is 10.0. The number of para-hydroxylation sites is 2. The molecule has 0 aliphatic heterocycles. The van der Waals surface area contributed by atoms with E-state index in [-0.39, 0.29) is 0 Å². The van der Waals surface area contributed by atoms with Crippen molar-refractivity contribution in [2.75, 3.05) is 4.90 Å². The van der Waals surface area contributed by atoms with Crippen molar-refractivity contribution in [3.8, 4) is 27.9 Å². The van der Waals surface area contributed by atoms with Gasteiger partial charge in [0.2, 0.25) is 0 Å². The lowest BCUT2D eigenvalue weighted by Gasteiger charge is -2.25. The average Bonchev–Trinajstić information content (AvgIpc) is 3.47. The third-order valence-electron chi connectivity index (χ3n) is 7.43. The van der Waals surface area contributed by atoms with Crippen LogP contribution in [0, 0.1) is 0 Å². The van der Waals surface area contributed by atoms with E-state index in [9.17, 15) is 0 Å². The summed E-state index contributed by atoms with van der Waals surface area (Å²) in [5, 5.41) is 1.24. The molecule has 6 aromatic carbocycles. The Bertz CT molecular complexity index is 1810. The molecule has 0 N–H and O–H groups in total. The largest absolute Gasteiger partial charge is 0.317 e. The van der Waals surface area contributed by atoms with E-state index >= 15 is 0 Å². The highest BCUT2D eigenvalue weighted by molar-refractivity contribution is 5.87. The SMILES string of the molecule is c1ccc(-c2ccc3c(ccn3-c3ccc(-c4ccc(N(c5ccccc5)c5ccccc5)cc4)cc3)c2)cc1. The molecule has 0 spiro atoms. The van der Waals surface area contributed by atoms with Gasteiger partial charge in [0.25, 0.3) is 0 Å². The number of anilines is 3. The molecule has 1 heterocycles. The zero-order valence-electron chi connectivity index (χ0n) is 22.1. The van der Waals surface area contributed by atoms with Gasteiger partial charge in [0.1, 0.15) is 0 Å². The molecule has 0 saturated heterocycles. The van der Waals surface area contributed by atoms with Gasteiger partial charge in [-0.15, -0.1) is 0 Å². The summed E-state index contributed by atoms with van der Waals surface area (Å²) >= 11 is 0. The van der Waals surface area contributed by atoms with Crippen molar-refractivity contribution in [3.63, 3.8) is 0 Å². The third kappa shape index (κ3) is 4.57. The summed E-state index contributed by atoms with van der Waals surface area (Å²) in [5.41, 5.74) is 10.6. The van der Waals surface area contributed by atoms with E-state index in [2.05, 4.69) is 179 Å². The lowest BCUT2D eigenvalue weighted by molar-refractivity contribution is 1.13. The molecule has 190 valence electrons. The van der Waals surface area contributed by atoms with Crippen LogP contribution in [0.2, 0.25) is 0 Å². The van der Waals surface area contributed by atoms with Crippen LogP contribution in [0.5, 0.6) is 0 Å². The highest BCUT2D eigenvalue weighted by Gasteiger charge is 2.12. The van der Waals surface area contributed by atoms with Crippen molar-refractivity contribution >= 4 is 28.0 Å². The van der Waals surface area contributed by atoms with Gasteiger partial charge >= 0.3 is 0 Å². The second-order valence-corrected chi connectivity index (χ2v) is 9.93. The molecule has 0 fully saturated rings. The first kappa shape index (κ1) is 23.8. The summed E-state index contributed by atoms with van der Waals surface area (Å²) in [4.78, 5) is 2.28. The number of rotatable bonds is 6. The highest BCUT2D eigenvalue weighted by Crippen LogP contribution is 2.35. The van der Waals surface area contributed by atoms with E-state index in [0.29, 0.717) is 0 Å². The first-order valence-corrected chi connectivity index (χ1v) is 13.6. The fourth-order valence-electron chi connectivity index (χ4n) is 5.40. The normalized spacial score (nSPS) is 11.0. The molecule has 40 heavy (non-hydrogen) atoms. The Balaban J connectivity index is 1.16. The average molecular weight is 513 g/mol. The summed E-state index contributed by atoms with van der Waals surface area (Å²) in [6.45, 7) is 0. The molecule has 0 unspecified atom stereocenters. The quantitative estimate of drug-likeness (QED) is 0.215. The van der Waals surface area contributed by atoms with E-state index in [0.717, 1.165) is 22.7 Å². The summed E-state index contributed by atoms with van der Waals surface area (Å²) in [5.74, 6) is 0. The minimum Gasteiger partial charge on any atom is -0.317 e. The van der Waals surface area contributed by atoms with Gasteiger partial charge in [-0.05, 0) is 89.0 Å². The monoisotopic (exact) mass is 512 g/mol. The summed E-state index contributed by atoms with van der Waals surface area (Å²) < 4.78 is 2.26. The summed E-state index contributed by atoms with van der Waals surface area (Å²) in [7, 11) is 0. The van der Waals surface area contributed by atoms with E-state index in [1.54, 1.807) is 0 Å². The molecule has 1 aromatic heterocycles. The molecule has 2 heteroatoms. The number of aromatic nitrogens is 1. The number of hydrogen-bond acceptors (Lipinski definition) is 1. The van der Waals surface area contributed by atoms with Crippen LogP contribution in [-0.4, -0.2) is 4.57 Å². The number of nitrogens with zero attached hydrogens (tertiary/aromatic N) is 2. The molecule has 0 radical (unpaired) electrons. The molecule has 2 nitrogen and oxygen atoms in total. The second kappa shape index (κ2) is 10.4. The zero-order valence-corrected chi connectivity index (χ0v) is 22.1. The van der Waals surface area contributed by atoms with Crippen LogP contribution in [0.25, 0.3) is 38.8 Å². The summed E-state index contributed by atoms with van der Waals surface area (Å²) in [6.07, 6.45) is 2.16. The van der Waals surface area contributed by atoms with Crippen molar-refractivity contribution < 1.29 is 0 Å². The van der Waals surface area contributed by atoms with Crippen molar-refractivity contribution in [1.29, 1.82) is 0 Å². The van der Waals surface area contributed by atoms with Crippen molar-refractivity contribution in [3.05, 3.63) is 170 Å². The number of hydrogen-bond donors (Lipinski definition) is 0. The van der Waals surface area contributed by atoms with Crippen LogP contribution in [0.3, 0.4) is 0 Å². The maximum Gasteiger partial charge on any atom is 0.0528 e. The molecule has 0 bridgehead atoms. The fourth-order valence-corrected chi connectivity index (χ4v) is 5.40. The topological polar surface area (TPSA) is 8.17 Å². The summed E-state index contributed by atoms with van der Waals surface area (Å²) in [6, 6.07) is 58.1. The molecule has 0 aliphatic rings. The van der Waals surface area contributed by atoms with Crippen LogP contribution >= 0.6 is 0 Å². The van der Waals surface area contributed by atoms with Gasteiger partial charge in [-0.25, -0.2) is 0 Å². The van der Waals surface area contributed by atoms with Crippen LogP contribution in [0.1, 0.15) is 0 Å². The van der Waals surface area contributed by atoms with Gasteiger partial charge in [-0.1, -0.05) is 97.1 Å². The van der Waals surface area contributed by atoms with Gasteiger partial charge in [-0.2, -0.15) is 0 Å². The molecular formula is C38H28N2. The maximum atomic E-state index is 2.28. The standard InChI is InChI=1S/C38H28N2/c1-4-10-29(11-5-1)32-20-25-38-33(28-32)26-27-39(38)34-21-16-30(17-22-34)31-18-23-37(24-19-31)40(35-12-6-2-7-13-35)36-14-8-3-9-15-36/h1-28H. The van der Waals surface area contributed by atoms with Crippen LogP contribution in [0.4, 0.5) is 17.1 Å². The Hall–Kier alpha value is -5.34. The van der Waals surface area contributed by atoms with E-state index in [1.807, 2.05) is 0 Å². The van der Waals surface area contributed by atoms with Crippen LogP contribution in [0.15, 0.2) is 170 Å². The molecular weight excluding hydrogens is 484 g/mol. The van der Waals surface area contributed by atoms with Crippen LogP contribution in [-0.2, 0) is 0 Å². The van der Waals surface area contributed by atoms with Crippen LogP contribution < -0.4 is 4.90 Å². The minimum atomic E-state index is 1.13. The third-order valence-corrected chi connectivity index (χ3v) is 7.43. The molecule has 0 amide bonds. The van der Waals surface area contributed by atoms with Gasteiger partial charge in [-0.3, -0.25) is 0 Å². The molecule has 0 aliphatic carbocycles. The van der Waals surface area contributed by atoms with Gasteiger partial charge in [0.15, 0.2) is 0 Å². The van der Waals surface area contributed by atoms with Gasteiger partial charge in [0, 0.05) is 34.3 Å². The van der Waals surface area contributed by atoms with E-state index < -0.39 is 0 Å². The highest BCUT2D eigenvalue weighted by atomic mass is 15.1. The number of fused-ring (bicyclic) bond motifs is 1. The van der Waals surface area contributed by atoms with Gasteiger partial charge in [0.05, 0.1) is 5.52 Å². The molecule has 0 saturated carbocycles. The minimum absolute atomic E-state index is 1.13. The predicted octanol–water partition coefficient (Wildman–Crippen LogP) is 10.4. The Kier molecular flexibility index (Phi) is 6.20. The van der Waals surface area contributed by atoms with Gasteiger partial charge < -0.3 is 9.47 Å². The second-order valence-electron chi connectivity index (χ2n) is 9.93. The predicted molar refractivity (Wildman–Crippen MR) is 169 cm³/mol. The first-order chi connectivity index (χ1) is 19.8. The van der Waals surface area contributed by atoms with Crippen molar-refractivity contribution in [1.82, 2.24) is 4.57 Å².